The van der Waals surface area contributed by atoms with Crippen LogP contribution < -0.4 is 10.6 Å². The van der Waals surface area contributed by atoms with Crippen molar-refractivity contribution in [1.29, 1.82) is 5.26 Å². The average Bonchev–Trinajstić information content (AvgIpc) is 2.50. The minimum absolute atomic E-state index is 0.0190. The van der Waals surface area contributed by atoms with Crippen LogP contribution >= 0.6 is 0 Å². The topological polar surface area (TPSA) is 68.2 Å². The van der Waals surface area contributed by atoms with Crippen molar-refractivity contribution in [2.24, 2.45) is 5.92 Å². The van der Waals surface area contributed by atoms with Crippen LogP contribution in [0.5, 0.6) is 0 Å². The van der Waals surface area contributed by atoms with E-state index in [9.17, 15) is 10.1 Å². The van der Waals surface area contributed by atoms with Crippen molar-refractivity contribution in [2.45, 2.75) is 50.5 Å². The van der Waals surface area contributed by atoms with Gasteiger partial charge in [0.2, 0.25) is 5.91 Å². The van der Waals surface area contributed by atoms with Crippen LogP contribution in [0.15, 0.2) is 0 Å². The zero-order valence-electron chi connectivity index (χ0n) is 13.2. The number of piperidine rings is 1. The first-order valence-corrected chi connectivity index (χ1v) is 8.27. The number of hydrogen-bond donors (Lipinski definition) is 2. The maximum absolute atomic E-state index is 12.2. The van der Waals surface area contributed by atoms with Gasteiger partial charge >= 0.3 is 0 Å². The van der Waals surface area contributed by atoms with Crippen LogP contribution in [0.2, 0.25) is 0 Å². The second-order valence-electron chi connectivity index (χ2n) is 6.58. The average molecular weight is 292 g/mol. The number of nitriles is 1. The molecular formula is C16H28N4O. The van der Waals surface area contributed by atoms with E-state index in [0.717, 1.165) is 64.1 Å². The van der Waals surface area contributed by atoms with Gasteiger partial charge in [-0.25, -0.2) is 0 Å². The SMILES string of the molecule is CNCC1CCN(CC(=O)NC2(C#N)CCCCC2)CC1. The Morgan fingerprint density at radius 1 is 1.29 bits per heavy atom. The van der Waals surface area contributed by atoms with E-state index in [0.29, 0.717) is 6.54 Å². The summed E-state index contributed by atoms with van der Waals surface area (Å²) in [7, 11) is 1.99. The zero-order valence-corrected chi connectivity index (χ0v) is 13.2. The molecule has 0 aromatic carbocycles. The van der Waals surface area contributed by atoms with Gasteiger partial charge in [-0.3, -0.25) is 9.69 Å². The lowest BCUT2D eigenvalue weighted by molar-refractivity contribution is -0.124. The maximum atomic E-state index is 12.2. The number of likely N-dealkylation sites (tertiary alicyclic amines) is 1. The van der Waals surface area contributed by atoms with Gasteiger partial charge in [-0.1, -0.05) is 19.3 Å². The van der Waals surface area contributed by atoms with Crippen molar-refractivity contribution < 1.29 is 4.79 Å². The molecule has 1 aliphatic heterocycles. The van der Waals surface area contributed by atoms with Crippen molar-refractivity contribution in [2.75, 3.05) is 33.2 Å². The maximum Gasteiger partial charge on any atom is 0.235 e. The lowest BCUT2D eigenvalue weighted by Crippen LogP contribution is -2.52. The number of carbonyl (C=O) groups is 1. The summed E-state index contributed by atoms with van der Waals surface area (Å²) in [5, 5.41) is 15.6. The Bertz CT molecular complexity index is 376. The lowest BCUT2D eigenvalue weighted by atomic mass is 9.83. The first-order chi connectivity index (χ1) is 10.2. The van der Waals surface area contributed by atoms with Gasteiger partial charge in [-0.2, -0.15) is 5.26 Å². The molecule has 21 heavy (non-hydrogen) atoms. The third-order valence-corrected chi connectivity index (χ3v) is 4.87. The van der Waals surface area contributed by atoms with Crippen LogP contribution in [-0.2, 0) is 4.79 Å². The van der Waals surface area contributed by atoms with Gasteiger partial charge in [0, 0.05) is 0 Å². The molecule has 1 saturated heterocycles. The van der Waals surface area contributed by atoms with Gasteiger partial charge < -0.3 is 10.6 Å². The summed E-state index contributed by atoms with van der Waals surface area (Å²) >= 11 is 0. The Morgan fingerprint density at radius 2 is 1.95 bits per heavy atom. The zero-order chi connectivity index (χ0) is 15.1. The van der Waals surface area contributed by atoms with Crippen molar-refractivity contribution >= 4 is 5.91 Å². The fourth-order valence-corrected chi connectivity index (χ4v) is 3.57. The standard InChI is InChI=1S/C16H28N4O/c1-18-11-14-5-9-20(10-6-14)12-15(21)19-16(13-17)7-3-2-4-8-16/h14,18H,2-12H2,1H3,(H,19,21). The van der Waals surface area contributed by atoms with Gasteiger partial charge in [-0.05, 0) is 58.3 Å². The van der Waals surface area contributed by atoms with Crippen molar-refractivity contribution in [3.05, 3.63) is 0 Å². The van der Waals surface area contributed by atoms with E-state index in [1.807, 2.05) is 7.05 Å². The van der Waals surface area contributed by atoms with Crippen LogP contribution in [0.3, 0.4) is 0 Å². The van der Waals surface area contributed by atoms with E-state index < -0.39 is 5.54 Å². The Hall–Kier alpha value is -1.12. The van der Waals surface area contributed by atoms with Gasteiger partial charge in [-0.15, -0.1) is 0 Å². The molecule has 0 bridgehead atoms. The molecule has 118 valence electrons. The molecule has 5 heteroatoms. The summed E-state index contributed by atoms with van der Waals surface area (Å²) in [4.78, 5) is 14.5. The molecule has 1 heterocycles. The molecule has 0 radical (unpaired) electrons. The summed E-state index contributed by atoms with van der Waals surface area (Å²) in [6, 6.07) is 2.35. The Balaban J connectivity index is 1.76. The molecule has 0 spiro atoms. The summed E-state index contributed by atoms with van der Waals surface area (Å²) in [6.07, 6.45) is 7.18. The second kappa shape index (κ2) is 7.77. The summed E-state index contributed by atoms with van der Waals surface area (Å²) in [5.74, 6) is 0.753. The smallest absolute Gasteiger partial charge is 0.235 e. The minimum atomic E-state index is -0.597. The third-order valence-electron chi connectivity index (χ3n) is 4.87. The van der Waals surface area contributed by atoms with Crippen molar-refractivity contribution in [3.8, 4) is 6.07 Å². The van der Waals surface area contributed by atoms with E-state index >= 15 is 0 Å². The number of rotatable bonds is 5. The van der Waals surface area contributed by atoms with Gasteiger partial charge in [0.25, 0.3) is 0 Å². The Kier molecular flexibility index (Phi) is 6.01. The highest BCUT2D eigenvalue weighted by atomic mass is 16.2. The quantitative estimate of drug-likeness (QED) is 0.800. The highest BCUT2D eigenvalue weighted by Crippen LogP contribution is 2.27. The number of carbonyl (C=O) groups excluding carboxylic acids is 1. The normalized spacial score (nSPS) is 23.4. The van der Waals surface area contributed by atoms with Gasteiger partial charge in [0.1, 0.15) is 5.54 Å². The molecule has 2 fully saturated rings. The van der Waals surface area contributed by atoms with Gasteiger partial charge in [0.05, 0.1) is 12.6 Å². The molecule has 1 amide bonds. The van der Waals surface area contributed by atoms with E-state index in [2.05, 4.69) is 21.6 Å². The van der Waals surface area contributed by atoms with E-state index in [1.165, 1.54) is 6.42 Å². The molecule has 1 saturated carbocycles. The van der Waals surface area contributed by atoms with E-state index in [4.69, 9.17) is 0 Å². The van der Waals surface area contributed by atoms with E-state index in [-0.39, 0.29) is 5.91 Å². The molecule has 2 rings (SSSR count). The number of hydrogen-bond acceptors (Lipinski definition) is 4. The molecule has 5 nitrogen and oxygen atoms in total. The first-order valence-electron chi connectivity index (χ1n) is 8.27. The molecule has 0 aromatic heterocycles. The predicted molar refractivity (Wildman–Crippen MR) is 82.7 cm³/mol. The highest BCUT2D eigenvalue weighted by Gasteiger charge is 2.34. The van der Waals surface area contributed by atoms with Crippen molar-refractivity contribution in [3.63, 3.8) is 0 Å². The monoisotopic (exact) mass is 292 g/mol. The fraction of sp³-hybridized carbons (Fsp3) is 0.875. The molecule has 0 aromatic rings. The first kappa shape index (κ1) is 16.3. The van der Waals surface area contributed by atoms with Crippen LogP contribution in [-0.4, -0.2) is 49.6 Å². The highest BCUT2D eigenvalue weighted by molar-refractivity contribution is 5.79. The minimum Gasteiger partial charge on any atom is -0.337 e. The molecule has 0 atom stereocenters. The van der Waals surface area contributed by atoms with Crippen LogP contribution in [0.25, 0.3) is 0 Å². The molecule has 2 N–H and O–H groups in total. The van der Waals surface area contributed by atoms with Crippen LogP contribution in [0.1, 0.15) is 44.9 Å². The van der Waals surface area contributed by atoms with Crippen LogP contribution in [0.4, 0.5) is 0 Å². The Labute approximate surface area is 128 Å². The number of nitrogens with zero attached hydrogens (tertiary/aromatic N) is 2. The second-order valence-corrected chi connectivity index (χ2v) is 6.58. The number of amides is 1. The number of nitrogens with one attached hydrogen (secondary N) is 2. The van der Waals surface area contributed by atoms with E-state index in [1.54, 1.807) is 0 Å². The third kappa shape index (κ3) is 4.69. The lowest BCUT2D eigenvalue weighted by Gasteiger charge is -2.34. The van der Waals surface area contributed by atoms with Crippen molar-refractivity contribution in [1.82, 2.24) is 15.5 Å². The summed E-state index contributed by atoms with van der Waals surface area (Å²) in [5.41, 5.74) is -0.597. The molecule has 0 unspecified atom stereocenters. The molecular weight excluding hydrogens is 264 g/mol. The largest absolute Gasteiger partial charge is 0.337 e. The fourth-order valence-electron chi connectivity index (χ4n) is 3.57. The summed E-state index contributed by atoms with van der Waals surface area (Å²) < 4.78 is 0. The van der Waals surface area contributed by atoms with Gasteiger partial charge in [0.15, 0.2) is 0 Å². The summed E-state index contributed by atoms with van der Waals surface area (Å²) in [6.45, 7) is 3.48. The predicted octanol–water partition coefficient (Wildman–Crippen LogP) is 1.26. The molecule has 1 aliphatic carbocycles. The van der Waals surface area contributed by atoms with Crippen LogP contribution in [0, 0.1) is 17.2 Å². The molecule has 2 aliphatic rings. The Morgan fingerprint density at radius 3 is 2.52 bits per heavy atom.